The van der Waals surface area contributed by atoms with E-state index >= 15 is 0 Å². The topological polar surface area (TPSA) is 0 Å². The maximum Gasteiger partial charge on any atom is 0.123 e. The van der Waals surface area contributed by atoms with E-state index < -0.39 is 0 Å². The molecule has 0 aliphatic rings. The lowest BCUT2D eigenvalue weighted by Gasteiger charge is -2.12. The van der Waals surface area contributed by atoms with Gasteiger partial charge in [0.1, 0.15) is 5.82 Å². The summed E-state index contributed by atoms with van der Waals surface area (Å²) in [6, 6.07) is 12.3. The predicted octanol–water partition coefficient (Wildman–Crippen LogP) is 5.92. The van der Waals surface area contributed by atoms with Crippen molar-refractivity contribution in [1.29, 1.82) is 0 Å². The third-order valence-electron chi connectivity index (χ3n) is 2.62. The van der Waals surface area contributed by atoms with Gasteiger partial charge in [-0.3, -0.25) is 0 Å². The lowest BCUT2D eigenvalue weighted by atomic mass is 10.0. The lowest BCUT2D eigenvalue weighted by molar-refractivity contribution is 0.627. The van der Waals surface area contributed by atoms with Gasteiger partial charge in [-0.2, -0.15) is 0 Å². The smallest absolute Gasteiger partial charge is 0.123 e. The molecule has 0 saturated carbocycles. The second-order valence-electron chi connectivity index (χ2n) is 3.96. The molecule has 0 bridgehead atoms. The molecule has 4 heteroatoms. The summed E-state index contributed by atoms with van der Waals surface area (Å²) in [5, 5.41) is 0.724. The Bertz CT molecular complexity index is 540. The van der Waals surface area contributed by atoms with Crippen LogP contribution in [-0.4, -0.2) is 0 Å². The van der Waals surface area contributed by atoms with Crippen LogP contribution in [0.3, 0.4) is 0 Å². The maximum absolute atomic E-state index is 12.8. The first kappa shape index (κ1) is 14.0. The molecule has 1 unspecified atom stereocenters. The summed E-state index contributed by atoms with van der Waals surface area (Å²) in [5.41, 5.74) is 2.09. The molecule has 0 nitrogen and oxygen atoms in total. The van der Waals surface area contributed by atoms with Crippen LogP contribution < -0.4 is 0 Å². The van der Waals surface area contributed by atoms with Crippen molar-refractivity contribution in [1.82, 2.24) is 0 Å². The van der Waals surface area contributed by atoms with Crippen molar-refractivity contribution in [2.75, 3.05) is 0 Å². The molecule has 2 aromatic carbocycles. The van der Waals surface area contributed by atoms with Crippen LogP contribution in [0.15, 0.2) is 46.9 Å². The zero-order valence-electron chi connectivity index (χ0n) is 9.34. The molecule has 0 spiro atoms. The van der Waals surface area contributed by atoms with Crippen LogP contribution in [0.4, 0.5) is 4.39 Å². The largest absolute Gasteiger partial charge is 0.207 e. The quantitative estimate of drug-likeness (QED) is 0.569. The van der Waals surface area contributed by atoms with Crippen LogP contribution in [0.5, 0.6) is 0 Å². The fourth-order valence-corrected chi connectivity index (χ4v) is 3.20. The van der Waals surface area contributed by atoms with Crippen molar-refractivity contribution in [3.8, 4) is 0 Å². The van der Waals surface area contributed by atoms with Gasteiger partial charge in [0.05, 0.1) is 0 Å². The summed E-state index contributed by atoms with van der Waals surface area (Å²) in [6.45, 7) is 0. The van der Waals surface area contributed by atoms with Crippen molar-refractivity contribution in [3.63, 3.8) is 0 Å². The van der Waals surface area contributed by atoms with Gasteiger partial charge in [0, 0.05) is 14.3 Å². The van der Waals surface area contributed by atoms with Gasteiger partial charge in [-0.25, -0.2) is 4.39 Å². The highest BCUT2D eigenvalue weighted by Crippen LogP contribution is 2.34. The zero-order valence-corrected chi connectivity index (χ0v) is 13.3. The van der Waals surface area contributed by atoms with Gasteiger partial charge < -0.3 is 0 Å². The van der Waals surface area contributed by atoms with Crippen LogP contribution in [0.2, 0.25) is 5.02 Å². The highest BCUT2D eigenvalue weighted by molar-refractivity contribution is 9.10. The molecule has 0 N–H and O–H groups in total. The normalized spacial score (nSPS) is 12.4. The lowest BCUT2D eigenvalue weighted by Crippen LogP contribution is -1.96. The fraction of sp³-hybridized carbons (Fsp3) is 0.143. The molecule has 0 aromatic heterocycles. The summed E-state index contributed by atoms with van der Waals surface area (Å²) in [5.74, 6) is -0.217. The van der Waals surface area contributed by atoms with E-state index in [0.29, 0.717) is 0 Å². The molecule has 2 aromatic rings. The minimum absolute atomic E-state index is 0.105. The zero-order chi connectivity index (χ0) is 13.1. The van der Waals surface area contributed by atoms with E-state index in [1.165, 1.54) is 12.1 Å². The Hall–Kier alpha value is -0.380. The minimum Gasteiger partial charge on any atom is -0.207 e. The van der Waals surface area contributed by atoms with E-state index in [2.05, 4.69) is 31.9 Å². The molecule has 18 heavy (non-hydrogen) atoms. The predicted molar refractivity (Wildman–Crippen MR) is 80.9 cm³/mol. The number of hydrogen-bond donors (Lipinski definition) is 0. The summed E-state index contributed by atoms with van der Waals surface area (Å²) in [6.07, 6.45) is 0.760. The number of benzene rings is 2. The third kappa shape index (κ3) is 3.56. The summed E-state index contributed by atoms with van der Waals surface area (Å²) in [7, 11) is 0. The van der Waals surface area contributed by atoms with E-state index in [1.54, 1.807) is 12.1 Å². The first-order chi connectivity index (χ1) is 8.56. The van der Waals surface area contributed by atoms with Crippen molar-refractivity contribution in [2.45, 2.75) is 11.2 Å². The van der Waals surface area contributed by atoms with Gasteiger partial charge >= 0.3 is 0 Å². The first-order valence-corrected chi connectivity index (χ1v) is 7.48. The Morgan fingerprint density at radius 3 is 2.44 bits per heavy atom. The van der Waals surface area contributed by atoms with Gasteiger partial charge in [0.25, 0.3) is 0 Å². The Labute approximate surface area is 127 Å². The number of halogens is 4. The summed E-state index contributed by atoms with van der Waals surface area (Å²) in [4.78, 5) is 0.105. The monoisotopic (exact) mass is 390 g/mol. The Morgan fingerprint density at radius 2 is 1.78 bits per heavy atom. The molecular weight excluding hydrogens is 382 g/mol. The Kier molecular flexibility index (Phi) is 4.82. The highest BCUT2D eigenvalue weighted by Gasteiger charge is 2.12. The Balaban J connectivity index is 2.18. The molecule has 0 saturated heterocycles. The van der Waals surface area contributed by atoms with Crippen LogP contribution in [-0.2, 0) is 6.42 Å². The molecule has 0 aliphatic heterocycles. The van der Waals surface area contributed by atoms with Crippen molar-refractivity contribution in [2.24, 2.45) is 0 Å². The molecule has 0 fully saturated rings. The van der Waals surface area contributed by atoms with Crippen molar-refractivity contribution in [3.05, 3.63) is 68.9 Å². The van der Waals surface area contributed by atoms with Gasteiger partial charge in [0.15, 0.2) is 0 Å². The maximum atomic E-state index is 12.8. The average Bonchev–Trinajstić information content (AvgIpc) is 2.35. The van der Waals surface area contributed by atoms with Crippen molar-refractivity contribution < 1.29 is 4.39 Å². The third-order valence-corrected chi connectivity index (χ3v) is 4.28. The second kappa shape index (κ2) is 6.18. The molecule has 2 rings (SSSR count). The van der Waals surface area contributed by atoms with Crippen molar-refractivity contribution >= 4 is 43.5 Å². The fourth-order valence-electron chi connectivity index (χ4n) is 1.69. The molecular formula is C14H10Br2ClF. The number of alkyl halides is 1. The molecule has 0 radical (unpaired) electrons. The van der Waals surface area contributed by atoms with Gasteiger partial charge in [-0.1, -0.05) is 55.6 Å². The molecule has 0 aliphatic carbocycles. The summed E-state index contributed by atoms with van der Waals surface area (Å²) < 4.78 is 13.8. The van der Waals surface area contributed by atoms with Gasteiger partial charge in [-0.05, 0) is 47.9 Å². The molecule has 94 valence electrons. The van der Waals surface area contributed by atoms with Crippen LogP contribution in [0.25, 0.3) is 0 Å². The van der Waals surface area contributed by atoms with Crippen LogP contribution in [0, 0.1) is 5.82 Å². The first-order valence-electron chi connectivity index (χ1n) is 5.40. The van der Waals surface area contributed by atoms with E-state index in [1.807, 2.05) is 18.2 Å². The van der Waals surface area contributed by atoms with E-state index in [9.17, 15) is 4.39 Å². The Morgan fingerprint density at radius 1 is 1.11 bits per heavy atom. The molecule has 1 atom stereocenters. The summed E-state index contributed by atoms with van der Waals surface area (Å²) >= 11 is 13.2. The van der Waals surface area contributed by atoms with Crippen LogP contribution in [0.1, 0.15) is 16.0 Å². The molecule has 0 heterocycles. The van der Waals surface area contributed by atoms with Gasteiger partial charge in [-0.15, -0.1) is 0 Å². The van der Waals surface area contributed by atoms with Crippen LogP contribution >= 0.6 is 43.5 Å². The van der Waals surface area contributed by atoms with E-state index in [4.69, 9.17) is 11.6 Å². The SMILES string of the molecule is Fc1ccc(CC(Br)c2cc(Br)ccc2Cl)cc1. The number of hydrogen-bond acceptors (Lipinski definition) is 0. The average molecular weight is 392 g/mol. The highest BCUT2D eigenvalue weighted by atomic mass is 79.9. The molecule has 0 amide bonds. The minimum atomic E-state index is -0.217. The standard InChI is InChI=1S/C14H10Br2ClF/c15-10-3-6-14(17)12(8-10)13(16)7-9-1-4-11(18)5-2-9/h1-6,8,13H,7H2. The second-order valence-corrected chi connectivity index (χ2v) is 6.39. The van der Waals surface area contributed by atoms with E-state index in [0.717, 1.165) is 27.0 Å². The van der Waals surface area contributed by atoms with E-state index in [-0.39, 0.29) is 10.6 Å². The number of rotatable bonds is 3. The van der Waals surface area contributed by atoms with Gasteiger partial charge in [0.2, 0.25) is 0 Å².